The molecule has 0 radical (unpaired) electrons. The lowest BCUT2D eigenvalue weighted by atomic mass is 9.97. The van der Waals surface area contributed by atoms with Gasteiger partial charge in [-0.15, -0.1) is 0 Å². The first-order chi connectivity index (χ1) is 28.2. The lowest BCUT2D eigenvalue weighted by Crippen LogP contribution is -2.02. The highest BCUT2D eigenvalue weighted by Gasteiger charge is 2.22. The predicted molar refractivity (Wildman–Crippen MR) is 230 cm³/mol. The van der Waals surface area contributed by atoms with Crippen molar-refractivity contribution < 1.29 is 8.83 Å². The molecule has 0 atom stereocenters. The van der Waals surface area contributed by atoms with E-state index in [0.717, 1.165) is 93.8 Å². The van der Waals surface area contributed by atoms with E-state index < -0.39 is 0 Å². The third-order valence-electron chi connectivity index (χ3n) is 11.0. The third-order valence-corrected chi connectivity index (χ3v) is 11.0. The van der Waals surface area contributed by atoms with Gasteiger partial charge < -0.3 is 13.4 Å². The second kappa shape index (κ2) is 12.3. The molecule has 6 heteroatoms. The van der Waals surface area contributed by atoms with Crippen molar-refractivity contribution in [3.8, 4) is 51.0 Å². The molecule has 0 spiro atoms. The molecule has 0 saturated carbocycles. The molecule has 0 N–H and O–H groups in total. The van der Waals surface area contributed by atoms with E-state index in [-0.39, 0.29) is 0 Å². The van der Waals surface area contributed by atoms with Crippen LogP contribution in [0.3, 0.4) is 0 Å². The lowest BCUT2D eigenvalue weighted by Gasteiger charge is -2.13. The third kappa shape index (κ3) is 4.94. The molecule has 4 heterocycles. The Bertz CT molecular complexity index is 3530. The number of nitrogens with zero attached hydrogens (tertiary/aromatic N) is 4. The first-order valence-electron chi connectivity index (χ1n) is 19.0. The Hall–Kier alpha value is -7.83. The number of aromatic nitrogens is 4. The summed E-state index contributed by atoms with van der Waals surface area (Å²) in [5.41, 5.74) is 11.1. The average molecular weight is 731 g/mol. The van der Waals surface area contributed by atoms with Crippen LogP contribution in [-0.2, 0) is 0 Å². The normalized spacial score (nSPS) is 11.9. The second-order valence-electron chi connectivity index (χ2n) is 14.4. The molecule has 0 amide bonds. The molecule has 57 heavy (non-hydrogen) atoms. The van der Waals surface area contributed by atoms with Crippen molar-refractivity contribution in [1.82, 2.24) is 19.5 Å². The fourth-order valence-corrected chi connectivity index (χ4v) is 8.45. The summed E-state index contributed by atoms with van der Waals surface area (Å²) in [5, 5.41) is 6.47. The van der Waals surface area contributed by atoms with E-state index in [1.54, 1.807) is 0 Å². The molecule has 0 bridgehead atoms. The minimum atomic E-state index is 0.566. The van der Waals surface area contributed by atoms with Crippen molar-refractivity contribution in [3.05, 3.63) is 182 Å². The zero-order valence-corrected chi connectivity index (χ0v) is 30.4. The van der Waals surface area contributed by atoms with Crippen molar-refractivity contribution >= 4 is 65.7 Å². The van der Waals surface area contributed by atoms with Crippen LogP contribution in [0.25, 0.3) is 117 Å². The van der Waals surface area contributed by atoms with Crippen LogP contribution in [-0.4, -0.2) is 19.5 Å². The van der Waals surface area contributed by atoms with Crippen molar-refractivity contribution in [3.63, 3.8) is 0 Å². The van der Waals surface area contributed by atoms with E-state index in [1.165, 1.54) is 5.39 Å². The Morgan fingerprint density at radius 3 is 1.77 bits per heavy atom. The van der Waals surface area contributed by atoms with Gasteiger partial charge in [-0.1, -0.05) is 121 Å². The van der Waals surface area contributed by atoms with Gasteiger partial charge in [-0.25, -0.2) is 15.0 Å². The molecular weight excluding hydrogens is 701 g/mol. The molecule has 0 aliphatic carbocycles. The fourth-order valence-electron chi connectivity index (χ4n) is 8.45. The molecule has 0 saturated heterocycles. The standard InChI is InChI=1S/C51H30N4O2/c1-3-14-31(15-4-1)49-52-50(54-51(53-49)40-22-13-21-39-35-18-7-10-23-43(35)55(47(39)40)34-16-5-2-6-17-34)33-28-41(48-42(29-33)37-20-9-12-25-45(37)57-48)32-26-27-38-36-19-8-11-24-44(36)56-46(38)30-32/h1-30H. The van der Waals surface area contributed by atoms with Crippen LogP contribution < -0.4 is 0 Å². The Labute approximate surface area is 325 Å². The molecule has 0 fully saturated rings. The van der Waals surface area contributed by atoms with Crippen molar-refractivity contribution in [2.75, 3.05) is 0 Å². The maximum atomic E-state index is 6.63. The molecule has 4 aromatic heterocycles. The average Bonchev–Trinajstić information content (AvgIpc) is 3.96. The van der Waals surface area contributed by atoms with Gasteiger partial charge in [0.1, 0.15) is 22.3 Å². The van der Waals surface area contributed by atoms with Crippen molar-refractivity contribution in [2.24, 2.45) is 0 Å². The summed E-state index contributed by atoms with van der Waals surface area (Å²) in [6, 6.07) is 62.6. The summed E-state index contributed by atoms with van der Waals surface area (Å²) in [7, 11) is 0. The summed E-state index contributed by atoms with van der Waals surface area (Å²) in [4.78, 5) is 15.8. The largest absolute Gasteiger partial charge is 0.456 e. The Kier molecular flexibility index (Phi) is 6.83. The number of rotatable bonds is 5. The van der Waals surface area contributed by atoms with Crippen LogP contribution in [0.5, 0.6) is 0 Å². The maximum absolute atomic E-state index is 6.63. The first-order valence-corrected chi connectivity index (χ1v) is 19.0. The molecule has 6 nitrogen and oxygen atoms in total. The van der Waals surface area contributed by atoms with Crippen LogP contribution >= 0.6 is 0 Å². The number of fused-ring (bicyclic) bond motifs is 9. The van der Waals surface area contributed by atoms with Gasteiger partial charge in [0.2, 0.25) is 0 Å². The van der Waals surface area contributed by atoms with E-state index in [1.807, 2.05) is 72.8 Å². The topological polar surface area (TPSA) is 69.9 Å². The van der Waals surface area contributed by atoms with Crippen LogP contribution in [0.4, 0.5) is 0 Å². The minimum absolute atomic E-state index is 0.566. The highest BCUT2D eigenvalue weighted by Crippen LogP contribution is 2.42. The highest BCUT2D eigenvalue weighted by atomic mass is 16.3. The number of hydrogen-bond acceptors (Lipinski definition) is 5. The zero-order valence-electron chi connectivity index (χ0n) is 30.4. The molecule has 0 aliphatic rings. The van der Waals surface area contributed by atoms with Crippen molar-refractivity contribution in [1.29, 1.82) is 0 Å². The van der Waals surface area contributed by atoms with Gasteiger partial charge in [-0.05, 0) is 66.2 Å². The van der Waals surface area contributed by atoms with Gasteiger partial charge in [0.05, 0.1) is 11.0 Å². The smallest absolute Gasteiger partial charge is 0.166 e. The van der Waals surface area contributed by atoms with Gasteiger partial charge in [-0.2, -0.15) is 0 Å². The van der Waals surface area contributed by atoms with Crippen LogP contribution in [0.2, 0.25) is 0 Å². The molecule has 266 valence electrons. The number of para-hydroxylation sites is 5. The van der Waals surface area contributed by atoms with Gasteiger partial charge in [0.15, 0.2) is 17.5 Å². The van der Waals surface area contributed by atoms with Crippen molar-refractivity contribution in [2.45, 2.75) is 0 Å². The quantitative estimate of drug-likeness (QED) is 0.176. The Morgan fingerprint density at radius 1 is 0.351 bits per heavy atom. The predicted octanol–water partition coefficient (Wildman–Crippen LogP) is 13.4. The maximum Gasteiger partial charge on any atom is 0.166 e. The molecule has 0 unspecified atom stereocenters. The van der Waals surface area contributed by atoms with E-state index in [0.29, 0.717) is 17.5 Å². The molecule has 12 rings (SSSR count). The van der Waals surface area contributed by atoms with Gasteiger partial charge >= 0.3 is 0 Å². The second-order valence-corrected chi connectivity index (χ2v) is 14.4. The van der Waals surface area contributed by atoms with E-state index in [4.69, 9.17) is 23.8 Å². The molecular formula is C51H30N4O2. The summed E-state index contributed by atoms with van der Waals surface area (Å²) in [6.07, 6.45) is 0. The van der Waals surface area contributed by atoms with Gasteiger partial charge in [-0.3, -0.25) is 0 Å². The summed E-state index contributed by atoms with van der Waals surface area (Å²) in [6.45, 7) is 0. The molecule has 0 aliphatic heterocycles. The van der Waals surface area contributed by atoms with Crippen LogP contribution in [0, 0.1) is 0 Å². The molecule has 8 aromatic carbocycles. The van der Waals surface area contributed by atoms with E-state index in [9.17, 15) is 0 Å². The SMILES string of the molecule is c1ccc(-c2nc(-c3cc(-c4ccc5c(c4)oc4ccccc45)c4oc5ccccc5c4c3)nc(-c3cccc4c5ccccc5n(-c5ccccc5)c34)n2)cc1. The van der Waals surface area contributed by atoms with Gasteiger partial charge in [0, 0.05) is 60.3 Å². The zero-order chi connectivity index (χ0) is 37.5. The Morgan fingerprint density at radius 2 is 0.965 bits per heavy atom. The monoisotopic (exact) mass is 730 g/mol. The summed E-state index contributed by atoms with van der Waals surface area (Å²) >= 11 is 0. The lowest BCUT2D eigenvalue weighted by molar-refractivity contribution is 0.668. The first kappa shape index (κ1) is 31.5. The number of hydrogen-bond donors (Lipinski definition) is 0. The highest BCUT2D eigenvalue weighted by molar-refractivity contribution is 6.14. The van der Waals surface area contributed by atoms with E-state index >= 15 is 0 Å². The van der Waals surface area contributed by atoms with Crippen LogP contribution in [0.1, 0.15) is 0 Å². The number of furan rings is 2. The van der Waals surface area contributed by atoms with E-state index in [2.05, 4.69) is 114 Å². The fraction of sp³-hybridized carbons (Fsp3) is 0. The summed E-state index contributed by atoms with van der Waals surface area (Å²) in [5.74, 6) is 1.75. The van der Waals surface area contributed by atoms with Crippen LogP contribution in [0.15, 0.2) is 191 Å². The minimum Gasteiger partial charge on any atom is -0.456 e. The summed E-state index contributed by atoms with van der Waals surface area (Å²) < 4.78 is 15.3. The number of benzene rings is 8. The van der Waals surface area contributed by atoms with Gasteiger partial charge in [0.25, 0.3) is 0 Å². The molecule has 12 aromatic rings. The Balaban J connectivity index is 1.14.